The summed E-state index contributed by atoms with van der Waals surface area (Å²) in [4.78, 5) is 0.360. The highest BCUT2D eigenvalue weighted by Crippen LogP contribution is 2.28. The van der Waals surface area contributed by atoms with Crippen LogP contribution in [0.3, 0.4) is 0 Å². The van der Waals surface area contributed by atoms with Crippen LogP contribution in [-0.2, 0) is 10.0 Å². The molecule has 1 aliphatic rings. The van der Waals surface area contributed by atoms with Crippen LogP contribution in [0.4, 0.5) is 0 Å². The van der Waals surface area contributed by atoms with Crippen LogP contribution in [0.25, 0.3) is 10.8 Å². The topological polar surface area (TPSA) is 63.4 Å². The zero-order valence-corrected chi connectivity index (χ0v) is 14.8. The smallest absolute Gasteiger partial charge is 0.243 e. The number of nitrogens with zero attached hydrogens (tertiary/aromatic N) is 1. The van der Waals surface area contributed by atoms with Gasteiger partial charge in [-0.3, -0.25) is 0 Å². The summed E-state index contributed by atoms with van der Waals surface area (Å²) in [7, 11) is -3.49. The van der Waals surface area contributed by atoms with Gasteiger partial charge in [0.15, 0.2) is 0 Å². The molecule has 4 nitrogen and oxygen atoms in total. The molecule has 2 unspecified atom stereocenters. The van der Waals surface area contributed by atoms with E-state index in [1.165, 1.54) is 0 Å². The van der Waals surface area contributed by atoms with Gasteiger partial charge in [-0.05, 0) is 42.7 Å². The van der Waals surface area contributed by atoms with Crippen LogP contribution in [0.1, 0.15) is 26.2 Å². The third kappa shape index (κ3) is 3.53. The van der Waals surface area contributed by atoms with E-state index < -0.39 is 10.0 Å². The normalized spacial score (nSPS) is 20.9. The predicted octanol–water partition coefficient (Wildman–Crippen LogP) is 3.15. The van der Waals surface area contributed by atoms with Gasteiger partial charge < -0.3 is 5.73 Å². The van der Waals surface area contributed by atoms with E-state index in [9.17, 15) is 8.42 Å². The van der Waals surface area contributed by atoms with Gasteiger partial charge in [-0.25, -0.2) is 8.42 Å². The summed E-state index contributed by atoms with van der Waals surface area (Å²) in [5.41, 5.74) is 6.02. The number of benzene rings is 2. The Morgan fingerprint density at radius 2 is 1.83 bits per heavy atom. The van der Waals surface area contributed by atoms with Gasteiger partial charge in [0.25, 0.3) is 0 Å². The second kappa shape index (κ2) is 7.18. The van der Waals surface area contributed by atoms with Crippen LogP contribution in [-0.4, -0.2) is 31.4 Å². The van der Waals surface area contributed by atoms with Crippen molar-refractivity contribution in [2.45, 2.75) is 43.2 Å². The minimum Gasteiger partial charge on any atom is -0.326 e. The van der Waals surface area contributed by atoms with Crippen LogP contribution < -0.4 is 5.73 Å². The molecule has 2 aromatic carbocycles. The van der Waals surface area contributed by atoms with Crippen molar-refractivity contribution in [2.24, 2.45) is 5.73 Å². The fourth-order valence-electron chi connectivity index (χ4n) is 3.22. The lowest BCUT2D eigenvalue weighted by Crippen LogP contribution is -2.51. The van der Waals surface area contributed by atoms with Crippen molar-refractivity contribution in [3.8, 4) is 0 Å². The largest absolute Gasteiger partial charge is 0.326 e. The lowest BCUT2D eigenvalue weighted by atomic mass is 10.00. The average molecular weight is 355 g/mol. The van der Waals surface area contributed by atoms with Gasteiger partial charge in [0.1, 0.15) is 0 Å². The molecule has 2 atom stereocenters. The average Bonchev–Trinajstić information content (AvgIpc) is 2.54. The fourth-order valence-corrected chi connectivity index (χ4v) is 5.03. The van der Waals surface area contributed by atoms with Crippen LogP contribution in [0.15, 0.2) is 47.4 Å². The van der Waals surface area contributed by atoms with Crippen molar-refractivity contribution >= 4 is 33.2 Å². The Balaban J connectivity index is 0.00000192. The first-order chi connectivity index (χ1) is 10.5. The van der Waals surface area contributed by atoms with E-state index in [0.29, 0.717) is 11.4 Å². The molecular formula is C17H23ClN2O2S. The Labute approximate surface area is 144 Å². The molecule has 3 rings (SSSR count). The van der Waals surface area contributed by atoms with Crippen molar-refractivity contribution in [3.63, 3.8) is 0 Å². The van der Waals surface area contributed by atoms with E-state index in [1.54, 1.807) is 16.4 Å². The highest BCUT2D eigenvalue weighted by Gasteiger charge is 2.35. The summed E-state index contributed by atoms with van der Waals surface area (Å²) in [5.74, 6) is 0. The van der Waals surface area contributed by atoms with E-state index in [2.05, 4.69) is 0 Å². The van der Waals surface area contributed by atoms with Crippen LogP contribution in [0.2, 0.25) is 0 Å². The van der Waals surface area contributed by atoms with Gasteiger partial charge in [-0.1, -0.05) is 36.8 Å². The summed E-state index contributed by atoms with van der Waals surface area (Å²) in [6.07, 6.45) is 2.77. The maximum atomic E-state index is 13.0. The highest BCUT2D eigenvalue weighted by atomic mass is 35.5. The lowest BCUT2D eigenvalue weighted by Gasteiger charge is -2.36. The molecular weight excluding hydrogens is 332 g/mol. The first-order valence-electron chi connectivity index (χ1n) is 7.76. The molecule has 0 aliphatic carbocycles. The Morgan fingerprint density at radius 1 is 1.13 bits per heavy atom. The maximum absolute atomic E-state index is 13.0. The molecule has 0 bridgehead atoms. The Morgan fingerprint density at radius 3 is 2.52 bits per heavy atom. The highest BCUT2D eigenvalue weighted by molar-refractivity contribution is 7.89. The number of sulfonamides is 1. The Hall–Kier alpha value is -1.14. The minimum absolute atomic E-state index is 0. The van der Waals surface area contributed by atoms with Gasteiger partial charge in [0.2, 0.25) is 10.0 Å². The quantitative estimate of drug-likeness (QED) is 0.920. The van der Waals surface area contributed by atoms with Crippen molar-refractivity contribution in [1.29, 1.82) is 0 Å². The van der Waals surface area contributed by atoms with Gasteiger partial charge >= 0.3 is 0 Å². The predicted molar refractivity (Wildman–Crippen MR) is 96.4 cm³/mol. The second-order valence-electron chi connectivity index (χ2n) is 6.05. The molecule has 1 heterocycles. The van der Waals surface area contributed by atoms with Gasteiger partial charge in [0, 0.05) is 18.6 Å². The number of fused-ring (bicyclic) bond motifs is 1. The third-order valence-electron chi connectivity index (χ3n) is 4.43. The molecule has 0 saturated carbocycles. The first-order valence-corrected chi connectivity index (χ1v) is 9.20. The standard InChI is InChI=1S/C17H22N2O2S.ClH/c1-13(18)17-8-4-5-11-19(17)22(20,21)16-10-9-14-6-2-3-7-15(14)12-16;/h2-3,6-7,9-10,12-13,17H,4-5,8,11,18H2,1H3;1H. The van der Waals surface area contributed by atoms with Crippen LogP contribution >= 0.6 is 12.4 Å². The van der Waals surface area contributed by atoms with Gasteiger partial charge in [0.05, 0.1) is 4.90 Å². The Bertz CT molecular complexity index is 777. The summed E-state index contributed by atoms with van der Waals surface area (Å²) in [5, 5.41) is 1.99. The summed E-state index contributed by atoms with van der Waals surface area (Å²) < 4.78 is 27.6. The van der Waals surface area contributed by atoms with Crippen molar-refractivity contribution in [1.82, 2.24) is 4.31 Å². The molecule has 6 heteroatoms. The van der Waals surface area contributed by atoms with Crippen molar-refractivity contribution in [2.75, 3.05) is 6.54 Å². The monoisotopic (exact) mass is 354 g/mol. The van der Waals surface area contributed by atoms with Gasteiger partial charge in [-0.15, -0.1) is 12.4 Å². The number of nitrogens with two attached hydrogens (primary N) is 1. The third-order valence-corrected chi connectivity index (χ3v) is 6.35. The number of hydrogen-bond acceptors (Lipinski definition) is 3. The summed E-state index contributed by atoms with van der Waals surface area (Å²) >= 11 is 0. The van der Waals surface area contributed by atoms with E-state index >= 15 is 0 Å². The fraction of sp³-hybridized carbons (Fsp3) is 0.412. The SMILES string of the molecule is CC(N)C1CCCCN1S(=O)(=O)c1ccc2ccccc2c1.Cl. The number of rotatable bonds is 3. The number of halogens is 1. The van der Waals surface area contributed by atoms with Crippen LogP contribution in [0, 0.1) is 0 Å². The summed E-state index contributed by atoms with van der Waals surface area (Å²) in [6, 6.07) is 12.9. The zero-order chi connectivity index (χ0) is 15.7. The van der Waals surface area contributed by atoms with E-state index in [0.717, 1.165) is 30.0 Å². The maximum Gasteiger partial charge on any atom is 0.243 e. The van der Waals surface area contributed by atoms with Gasteiger partial charge in [-0.2, -0.15) is 4.31 Å². The van der Waals surface area contributed by atoms with Crippen molar-refractivity contribution < 1.29 is 8.42 Å². The molecule has 126 valence electrons. The van der Waals surface area contributed by atoms with Crippen molar-refractivity contribution in [3.05, 3.63) is 42.5 Å². The molecule has 2 N–H and O–H groups in total. The summed E-state index contributed by atoms with van der Waals surface area (Å²) in [6.45, 7) is 2.44. The molecule has 0 aromatic heterocycles. The zero-order valence-electron chi connectivity index (χ0n) is 13.2. The van der Waals surface area contributed by atoms with E-state index in [-0.39, 0.29) is 24.5 Å². The van der Waals surface area contributed by atoms with Crippen LogP contribution in [0.5, 0.6) is 0 Å². The molecule has 1 fully saturated rings. The molecule has 0 spiro atoms. The van der Waals surface area contributed by atoms with E-state index in [4.69, 9.17) is 5.73 Å². The first kappa shape index (κ1) is 18.2. The molecule has 23 heavy (non-hydrogen) atoms. The Kier molecular flexibility index (Phi) is 5.68. The lowest BCUT2D eigenvalue weighted by molar-refractivity contribution is 0.227. The molecule has 2 aromatic rings. The molecule has 1 aliphatic heterocycles. The minimum atomic E-state index is -3.49. The van der Waals surface area contributed by atoms with E-state index in [1.807, 2.05) is 37.3 Å². The number of piperidine rings is 1. The molecule has 1 saturated heterocycles. The second-order valence-corrected chi connectivity index (χ2v) is 7.94. The molecule has 0 amide bonds. The molecule has 0 radical (unpaired) electrons. The number of hydrogen-bond donors (Lipinski definition) is 1.